The van der Waals surface area contributed by atoms with Crippen molar-refractivity contribution >= 4 is 33.2 Å². The highest BCUT2D eigenvalue weighted by Crippen LogP contribution is 2.18. The van der Waals surface area contributed by atoms with Crippen molar-refractivity contribution in [2.45, 2.75) is 20.4 Å². The molecule has 0 radical (unpaired) electrons. The van der Waals surface area contributed by atoms with Gasteiger partial charge in [-0.1, -0.05) is 34.1 Å². The molecule has 0 fully saturated rings. The second-order valence-electron chi connectivity index (χ2n) is 3.92. The first-order valence-corrected chi connectivity index (χ1v) is 7.14. The number of amides is 1. The molecule has 94 valence electrons. The molecule has 1 heterocycles. The van der Waals surface area contributed by atoms with Gasteiger partial charge in [-0.2, -0.15) is 0 Å². The van der Waals surface area contributed by atoms with E-state index in [0.29, 0.717) is 11.4 Å². The van der Waals surface area contributed by atoms with Gasteiger partial charge in [0.2, 0.25) is 0 Å². The molecule has 2 aromatic rings. The van der Waals surface area contributed by atoms with Gasteiger partial charge in [0.1, 0.15) is 4.88 Å². The third kappa shape index (κ3) is 2.97. The number of carbonyl (C=O) groups is 1. The average molecular weight is 325 g/mol. The Hall–Kier alpha value is -1.20. The molecule has 1 amide bonds. The minimum Gasteiger partial charge on any atom is -0.347 e. The van der Waals surface area contributed by atoms with E-state index in [4.69, 9.17) is 0 Å². The van der Waals surface area contributed by atoms with Gasteiger partial charge in [-0.15, -0.1) is 11.3 Å². The summed E-state index contributed by atoms with van der Waals surface area (Å²) in [4.78, 5) is 17.0. The second kappa shape index (κ2) is 5.63. The van der Waals surface area contributed by atoms with Crippen LogP contribution in [0.5, 0.6) is 0 Å². The zero-order chi connectivity index (χ0) is 13.1. The molecule has 3 nitrogen and oxygen atoms in total. The largest absolute Gasteiger partial charge is 0.347 e. The number of hydrogen-bond donors (Lipinski definition) is 1. The Morgan fingerprint density at radius 3 is 2.72 bits per heavy atom. The van der Waals surface area contributed by atoms with Gasteiger partial charge in [-0.05, 0) is 25.5 Å². The summed E-state index contributed by atoms with van der Waals surface area (Å²) in [5.41, 5.74) is 1.85. The highest BCUT2D eigenvalue weighted by atomic mass is 79.9. The monoisotopic (exact) mass is 324 g/mol. The maximum atomic E-state index is 12.0. The molecule has 1 N–H and O–H groups in total. The van der Waals surface area contributed by atoms with Crippen LogP contribution in [0.15, 0.2) is 28.7 Å². The number of rotatable bonds is 3. The van der Waals surface area contributed by atoms with Gasteiger partial charge in [0, 0.05) is 11.0 Å². The molecule has 0 aliphatic rings. The summed E-state index contributed by atoms with van der Waals surface area (Å²) in [5.74, 6) is -0.0612. The maximum absolute atomic E-state index is 12.0. The molecule has 1 aromatic carbocycles. The number of aryl methyl sites for hydroxylation is 2. The van der Waals surface area contributed by atoms with Crippen molar-refractivity contribution < 1.29 is 4.79 Å². The van der Waals surface area contributed by atoms with Crippen molar-refractivity contribution in [1.82, 2.24) is 10.3 Å². The van der Waals surface area contributed by atoms with Crippen molar-refractivity contribution in [3.8, 4) is 0 Å². The summed E-state index contributed by atoms with van der Waals surface area (Å²) in [6.45, 7) is 4.27. The van der Waals surface area contributed by atoms with Crippen molar-refractivity contribution in [1.29, 1.82) is 0 Å². The van der Waals surface area contributed by atoms with E-state index in [1.807, 2.05) is 38.1 Å². The van der Waals surface area contributed by atoms with Gasteiger partial charge in [-0.25, -0.2) is 4.98 Å². The Bertz CT molecular complexity index is 580. The SMILES string of the molecule is Cc1nc(C)c(C(=O)NCc2ccccc2Br)s1. The summed E-state index contributed by atoms with van der Waals surface area (Å²) < 4.78 is 1.00. The molecular formula is C13H13BrN2OS. The smallest absolute Gasteiger partial charge is 0.263 e. The van der Waals surface area contributed by atoms with Gasteiger partial charge in [0.15, 0.2) is 0 Å². The second-order valence-corrected chi connectivity index (χ2v) is 5.98. The lowest BCUT2D eigenvalue weighted by Gasteiger charge is -2.06. The molecule has 1 aromatic heterocycles. The molecule has 0 saturated heterocycles. The number of benzene rings is 1. The fourth-order valence-electron chi connectivity index (χ4n) is 1.64. The summed E-state index contributed by atoms with van der Waals surface area (Å²) in [6.07, 6.45) is 0. The summed E-state index contributed by atoms with van der Waals surface area (Å²) >= 11 is 4.89. The minimum atomic E-state index is -0.0612. The van der Waals surface area contributed by atoms with Crippen LogP contribution in [-0.4, -0.2) is 10.9 Å². The molecule has 0 spiro atoms. The molecule has 0 saturated carbocycles. The van der Waals surface area contributed by atoms with Crippen LogP contribution in [0.25, 0.3) is 0 Å². The average Bonchev–Trinajstić information content (AvgIpc) is 2.67. The fraction of sp³-hybridized carbons (Fsp3) is 0.231. The van der Waals surface area contributed by atoms with Gasteiger partial charge in [-0.3, -0.25) is 4.79 Å². The number of aromatic nitrogens is 1. The number of thiazole rings is 1. The van der Waals surface area contributed by atoms with E-state index in [0.717, 1.165) is 20.7 Å². The van der Waals surface area contributed by atoms with E-state index in [1.165, 1.54) is 11.3 Å². The summed E-state index contributed by atoms with van der Waals surface area (Å²) in [7, 11) is 0. The Balaban J connectivity index is 2.05. The topological polar surface area (TPSA) is 42.0 Å². The molecule has 0 unspecified atom stereocenters. The van der Waals surface area contributed by atoms with Gasteiger partial charge in [0.25, 0.3) is 5.91 Å². The molecular weight excluding hydrogens is 312 g/mol. The molecule has 0 bridgehead atoms. The first kappa shape index (κ1) is 13.2. The van der Waals surface area contributed by atoms with Crippen LogP contribution in [0.3, 0.4) is 0 Å². The fourth-order valence-corrected chi connectivity index (χ4v) is 2.90. The lowest BCUT2D eigenvalue weighted by molar-refractivity contribution is 0.0954. The van der Waals surface area contributed by atoms with Crippen LogP contribution < -0.4 is 5.32 Å². The lowest BCUT2D eigenvalue weighted by atomic mass is 10.2. The predicted molar refractivity (Wildman–Crippen MR) is 76.9 cm³/mol. The summed E-state index contributed by atoms with van der Waals surface area (Å²) in [5, 5.41) is 3.83. The molecule has 2 rings (SSSR count). The van der Waals surface area contributed by atoms with Crippen LogP contribution in [0.2, 0.25) is 0 Å². The third-order valence-electron chi connectivity index (χ3n) is 2.51. The van der Waals surface area contributed by atoms with E-state index in [-0.39, 0.29) is 5.91 Å². The van der Waals surface area contributed by atoms with Crippen molar-refractivity contribution in [3.63, 3.8) is 0 Å². The first-order chi connectivity index (χ1) is 8.58. The van der Waals surface area contributed by atoms with Crippen molar-refractivity contribution in [2.24, 2.45) is 0 Å². The molecule has 0 aliphatic heterocycles. The number of nitrogens with one attached hydrogen (secondary N) is 1. The lowest BCUT2D eigenvalue weighted by Crippen LogP contribution is -2.22. The molecule has 0 atom stereocenters. The van der Waals surface area contributed by atoms with Gasteiger partial charge in [0.05, 0.1) is 10.7 Å². The van der Waals surface area contributed by atoms with E-state index in [1.54, 1.807) is 0 Å². The van der Waals surface area contributed by atoms with E-state index in [2.05, 4.69) is 26.2 Å². The Morgan fingerprint density at radius 1 is 1.39 bits per heavy atom. The molecule has 5 heteroatoms. The number of halogens is 1. The van der Waals surface area contributed by atoms with Gasteiger partial charge < -0.3 is 5.32 Å². The zero-order valence-electron chi connectivity index (χ0n) is 10.2. The number of nitrogens with zero attached hydrogens (tertiary/aromatic N) is 1. The zero-order valence-corrected chi connectivity index (χ0v) is 12.6. The van der Waals surface area contributed by atoms with Crippen molar-refractivity contribution in [3.05, 3.63) is 49.9 Å². The van der Waals surface area contributed by atoms with Crippen LogP contribution in [0, 0.1) is 13.8 Å². The Labute approximate surface area is 118 Å². The summed E-state index contributed by atoms with van der Waals surface area (Å²) in [6, 6.07) is 7.85. The van der Waals surface area contributed by atoms with E-state index in [9.17, 15) is 4.79 Å². The van der Waals surface area contributed by atoms with E-state index >= 15 is 0 Å². The Kier molecular flexibility index (Phi) is 4.14. The maximum Gasteiger partial charge on any atom is 0.263 e. The van der Waals surface area contributed by atoms with Crippen LogP contribution in [-0.2, 0) is 6.54 Å². The van der Waals surface area contributed by atoms with Crippen LogP contribution in [0.4, 0.5) is 0 Å². The van der Waals surface area contributed by atoms with Crippen molar-refractivity contribution in [2.75, 3.05) is 0 Å². The van der Waals surface area contributed by atoms with E-state index < -0.39 is 0 Å². The number of carbonyl (C=O) groups excluding carboxylic acids is 1. The molecule has 18 heavy (non-hydrogen) atoms. The quantitative estimate of drug-likeness (QED) is 0.939. The van der Waals surface area contributed by atoms with Crippen LogP contribution in [0.1, 0.15) is 25.9 Å². The Morgan fingerprint density at radius 2 is 2.11 bits per heavy atom. The molecule has 0 aliphatic carbocycles. The van der Waals surface area contributed by atoms with Gasteiger partial charge >= 0.3 is 0 Å². The highest BCUT2D eigenvalue weighted by Gasteiger charge is 2.13. The standard InChI is InChI=1S/C13H13BrN2OS/c1-8-12(18-9(2)16-8)13(17)15-7-10-5-3-4-6-11(10)14/h3-6H,7H2,1-2H3,(H,15,17). The normalized spacial score (nSPS) is 10.4. The third-order valence-corrected chi connectivity index (χ3v) is 4.35. The highest BCUT2D eigenvalue weighted by molar-refractivity contribution is 9.10. The first-order valence-electron chi connectivity index (χ1n) is 5.53. The minimum absolute atomic E-state index is 0.0612. The number of hydrogen-bond acceptors (Lipinski definition) is 3. The van der Waals surface area contributed by atoms with Crippen LogP contribution >= 0.6 is 27.3 Å². The predicted octanol–water partition coefficient (Wildman–Crippen LogP) is 3.45.